The van der Waals surface area contributed by atoms with Crippen molar-refractivity contribution in [3.05, 3.63) is 35.4 Å². The molecule has 0 radical (unpaired) electrons. The smallest absolute Gasteiger partial charge is 0.337 e. The van der Waals surface area contributed by atoms with Crippen LogP contribution in [0.4, 0.5) is 0 Å². The summed E-state index contributed by atoms with van der Waals surface area (Å²) in [6, 6.07) is 8.25. The average Bonchev–Trinajstić information content (AvgIpc) is 2.45. The first kappa shape index (κ1) is 12.4. The first-order chi connectivity index (χ1) is 9.68. The zero-order valence-electron chi connectivity index (χ0n) is 12.1. The van der Waals surface area contributed by atoms with Crippen LogP contribution >= 0.6 is 0 Å². The van der Waals surface area contributed by atoms with Gasteiger partial charge in [0.25, 0.3) is 0 Å². The molecule has 106 valence electrons. The van der Waals surface area contributed by atoms with E-state index in [1.54, 1.807) is 0 Å². The highest BCUT2D eigenvalue weighted by Crippen LogP contribution is 2.60. The number of ether oxygens (including phenoxy) is 1. The molecule has 4 bridgehead atoms. The molecule has 4 aliphatic carbocycles. The van der Waals surface area contributed by atoms with Crippen molar-refractivity contribution in [2.75, 3.05) is 7.11 Å². The third kappa shape index (κ3) is 1.81. The second-order valence-electron chi connectivity index (χ2n) is 7.27. The van der Waals surface area contributed by atoms with E-state index in [2.05, 4.69) is 12.1 Å². The summed E-state index contributed by atoms with van der Waals surface area (Å²) in [4.78, 5) is 11.6. The number of rotatable bonds is 2. The molecule has 0 saturated heterocycles. The molecule has 5 rings (SSSR count). The first-order valence-corrected chi connectivity index (χ1v) is 7.87. The Morgan fingerprint density at radius 3 is 1.95 bits per heavy atom. The number of hydrogen-bond acceptors (Lipinski definition) is 2. The highest BCUT2D eigenvalue weighted by atomic mass is 16.5. The molecular formula is C18H22O2. The lowest BCUT2D eigenvalue weighted by molar-refractivity contribution is -0.00520. The van der Waals surface area contributed by atoms with Crippen LogP contribution in [0.15, 0.2) is 24.3 Å². The van der Waals surface area contributed by atoms with E-state index in [4.69, 9.17) is 4.74 Å². The Morgan fingerprint density at radius 1 is 1.00 bits per heavy atom. The minimum atomic E-state index is -0.234. The van der Waals surface area contributed by atoms with Gasteiger partial charge in [-0.25, -0.2) is 4.79 Å². The van der Waals surface area contributed by atoms with Crippen LogP contribution in [-0.4, -0.2) is 13.1 Å². The number of hydrogen-bond donors (Lipinski definition) is 0. The second-order valence-corrected chi connectivity index (χ2v) is 7.27. The summed E-state index contributed by atoms with van der Waals surface area (Å²) < 4.78 is 4.79. The molecule has 4 fully saturated rings. The molecule has 0 heterocycles. The molecule has 0 aromatic heterocycles. The summed E-state index contributed by atoms with van der Waals surface area (Å²) in [6.07, 6.45) is 8.53. The van der Waals surface area contributed by atoms with E-state index in [9.17, 15) is 4.79 Å². The highest BCUT2D eigenvalue weighted by molar-refractivity contribution is 5.89. The molecule has 0 unspecified atom stereocenters. The van der Waals surface area contributed by atoms with Crippen molar-refractivity contribution in [3.8, 4) is 0 Å². The number of carbonyl (C=O) groups is 1. The largest absolute Gasteiger partial charge is 0.465 e. The van der Waals surface area contributed by atoms with Crippen molar-refractivity contribution in [3.63, 3.8) is 0 Å². The Morgan fingerprint density at radius 2 is 1.50 bits per heavy atom. The van der Waals surface area contributed by atoms with E-state index >= 15 is 0 Å². The van der Waals surface area contributed by atoms with Gasteiger partial charge in [0.1, 0.15) is 0 Å². The molecule has 0 N–H and O–H groups in total. The Hall–Kier alpha value is -1.31. The number of carbonyl (C=O) groups excluding carboxylic acids is 1. The quantitative estimate of drug-likeness (QED) is 0.761. The van der Waals surface area contributed by atoms with Crippen LogP contribution in [0.2, 0.25) is 0 Å². The molecule has 20 heavy (non-hydrogen) atoms. The van der Waals surface area contributed by atoms with E-state index < -0.39 is 0 Å². The van der Waals surface area contributed by atoms with Crippen molar-refractivity contribution in [2.24, 2.45) is 17.8 Å². The summed E-state index contributed by atoms with van der Waals surface area (Å²) in [5.74, 6) is 2.65. The average molecular weight is 270 g/mol. The monoisotopic (exact) mass is 270 g/mol. The van der Waals surface area contributed by atoms with Crippen molar-refractivity contribution in [2.45, 2.75) is 43.9 Å². The van der Waals surface area contributed by atoms with Gasteiger partial charge in [-0.2, -0.15) is 0 Å². The summed E-state index contributed by atoms with van der Waals surface area (Å²) in [7, 11) is 1.44. The van der Waals surface area contributed by atoms with Crippen molar-refractivity contribution >= 4 is 5.97 Å². The minimum Gasteiger partial charge on any atom is -0.465 e. The fourth-order valence-electron chi connectivity index (χ4n) is 5.54. The molecule has 4 saturated carbocycles. The Kier molecular flexibility index (Phi) is 2.70. The van der Waals surface area contributed by atoms with Crippen molar-refractivity contribution < 1.29 is 9.53 Å². The first-order valence-electron chi connectivity index (χ1n) is 7.87. The molecule has 0 spiro atoms. The van der Waals surface area contributed by atoms with Crippen LogP contribution in [0.3, 0.4) is 0 Å². The van der Waals surface area contributed by atoms with Gasteiger partial charge in [-0.05, 0) is 79.4 Å². The molecule has 2 nitrogen and oxygen atoms in total. The predicted molar refractivity (Wildman–Crippen MR) is 77.6 cm³/mol. The van der Waals surface area contributed by atoms with E-state index in [-0.39, 0.29) is 5.97 Å². The van der Waals surface area contributed by atoms with E-state index in [1.807, 2.05) is 12.1 Å². The molecule has 0 amide bonds. The second kappa shape index (κ2) is 4.34. The van der Waals surface area contributed by atoms with Gasteiger partial charge >= 0.3 is 5.97 Å². The lowest BCUT2D eigenvalue weighted by Crippen LogP contribution is -2.48. The lowest BCUT2D eigenvalue weighted by Gasteiger charge is -2.57. The highest BCUT2D eigenvalue weighted by Gasteiger charge is 2.51. The van der Waals surface area contributed by atoms with Crippen LogP contribution in [0.25, 0.3) is 0 Å². The molecule has 2 heteroatoms. The fourth-order valence-corrected chi connectivity index (χ4v) is 5.54. The number of methoxy groups -OCH3 is 1. The Labute approximate surface area is 120 Å². The standard InChI is InChI=1S/C18H22O2/c1-20-17(19)15-2-4-16(5-3-15)18-9-12-6-13(10-18)8-14(7-12)11-18/h2-5,12-14H,6-11H2,1H3. The van der Waals surface area contributed by atoms with Crippen molar-refractivity contribution in [1.82, 2.24) is 0 Å². The van der Waals surface area contributed by atoms with Gasteiger partial charge in [0.2, 0.25) is 0 Å². The molecule has 0 aliphatic heterocycles. The van der Waals surface area contributed by atoms with Gasteiger partial charge in [-0.1, -0.05) is 12.1 Å². The van der Waals surface area contributed by atoms with Gasteiger partial charge in [0.15, 0.2) is 0 Å². The molecule has 4 aliphatic rings. The van der Waals surface area contributed by atoms with Gasteiger partial charge in [0, 0.05) is 0 Å². The van der Waals surface area contributed by atoms with E-state index in [0.29, 0.717) is 11.0 Å². The SMILES string of the molecule is COC(=O)c1ccc(C23CC4CC(CC(C4)C2)C3)cc1. The molecule has 1 aromatic carbocycles. The molecular weight excluding hydrogens is 248 g/mol. The fraction of sp³-hybridized carbons (Fsp3) is 0.611. The van der Waals surface area contributed by atoms with Crippen LogP contribution in [0, 0.1) is 17.8 Å². The third-order valence-corrected chi connectivity index (χ3v) is 5.96. The molecule has 0 atom stereocenters. The van der Waals surface area contributed by atoms with Crippen molar-refractivity contribution in [1.29, 1.82) is 0 Å². The number of benzene rings is 1. The van der Waals surface area contributed by atoms with Crippen LogP contribution < -0.4 is 0 Å². The predicted octanol–water partition coefficient (Wildman–Crippen LogP) is 3.94. The normalized spacial score (nSPS) is 38.0. The molecule has 1 aromatic rings. The topological polar surface area (TPSA) is 26.3 Å². The zero-order valence-corrected chi connectivity index (χ0v) is 12.1. The van der Waals surface area contributed by atoms with Gasteiger partial charge in [-0.15, -0.1) is 0 Å². The van der Waals surface area contributed by atoms with Crippen LogP contribution in [0.5, 0.6) is 0 Å². The third-order valence-electron chi connectivity index (χ3n) is 5.96. The number of esters is 1. The van der Waals surface area contributed by atoms with Gasteiger partial charge in [0.05, 0.1) is 12.7 Å². The maximum atomic E-state index is 11.6. The van der Waals surface area contributed by atoms with Gasteiger partial charge in [-0.3, -0.25) is 0 Å². The van der Waals surface area contributed by atoms with Crippen LogP contribution in [0.1, 0.15) is 54.4 Å². The Balaban J connectivity index is 1.65. The maximum Gasteiger partial charge on any atom is 0.337 e. The summed E-state index contributed by atoms with van der Waals surface area (Å²) in [5.41, 5.74) is 2.55. The van der Waals surface area contributed by atoms with Gasteiger partial charge < -0.3 is 4.74 Å². The van der Waals surface area contributed by atoms with Crippen LogP contribution in [-0.2, 0) is 10.2 Å². The minimum absolute atomic E-state index is 0.234. The Bertz CT molecular complexity index is 494. The summed E-state index contributed by atoms with van der Waals surface area (Å²) in [5, 5.41) is 0. The zero-order chi connectivity index (χ0) is 13.7. The lowest BCUT2D eigenvalue weighted by atomic mass is 9.48. The maximum absolute atomic E-state index is 11.6. The summed E-state index contributed by atoms with van der Waals surface area (Å²) in [6.45, 7) is 0. The van der Waals surface area contributed by atoms with E-state index in [0.717, 1.165) is 17.8 Å². The van der Waals surface area contributed by atoms with E-state index in [1.165, 1.54) is 51.2 Å². The summed E-state index contributed by atoms with van der Waals surface area (Å²) >= 11 is 0.